The van der Waals surface area contributed by atoms with Crippen molar-refractivity contribution < 1.29 is 8.78 Å². The maximum Gasteiger partial charge on any atom is 0.134 e. The second-order valence-electron chi connectivity index (χ2n) is 27.6. The van der Waals surface area contributed by atoms with Crippen molar-refractivity contribution in [3.05, 3.63) is 105 Å². The lowest BCUT2D eigenvalue weighted by Gasteiger charge is -2.16. The summed E-state index contributed by atoms with van der Waals surface area (Å²) in [7, 11) is 0. The number of benzene rings is 3. The highest BCUT2D eigenvalue weighted by atomic mass is 32.1. The van der Waals surface area contributed by atoms with Crippen LogP contribution in [0.4, 0.5) is 8.78 Å². The molecular formula is C82H104F2N4S8. The molecule has 0 aliphatic rings. The number of nitrogens with zero attached hydrogens (tertiary/aromatic N) is 4. The maximum absolute atomic E-state index is 17.1. The Hall–Kier alpha value is -4.12. The molecule has 0 spiro atoms. The molecule has 0 bridgehead atoms. The molecule has 4 nitrogen and oxygen atoms in total. The van der Waals surface area contributed by atoms with Crippen molar-refractivity contribution in [2.75, 3.05) is 0 Å². The first kappa shape index (κ1) is 73.1. The SMILES string of the molecule is CCCCCCCCCCC(CCCCCCCCCC)Cc1ccc(-c2cc(F)c(-c3ccc(-c4c5ccsc5c(-c5ccc(-c6c(F)cc(-c7ccc(CC(CCCCCCCCCC)CCCCCCCCCC)s7)c7nsnc67)s5)c5ccsc45)s3)c3nsnc23)s1. The molecule has 0 atom stereocenters. The highest BCUT2D eigenvalue weighted by Gasteiger charge is 2.27. The minimum atomic E-state index is -0.258. The number of rotatable bonds is 46. The largest absolute Gasteiger partial charge is 0.206 e. The van der Waals surface area contributed by atoms with Gasteiger partial charge in [-0.15, -0.1) is 68.0 Å². The number of hydrogen-bond acceptors (Lipinski definition) is 12. The molecule has 0 aliphatic heterocycles. The Morgan fingerprint density at radius 2 is 0.604 bits per heavy atom. The standard InChI is InChI=1S/C82H104F2N4S8/c1-5-9-13-17-21-25-29-33-37-57(38-34-30-26-22-18-14-10-6-2)53-59-41-43-67(91-59)63-55-65(83)75(79-77(63)85-95-87-79)71-47-45-69(93-71)73-61-49-51-90-82(61)74(62-50-52-89-81(62)73)70-46-48-72(94-70)76-66(84)56-64(78-80(76)88-96-86-78)68-44-42-60(92-68)54-58(39-35-31-27-23-19-15-11-7-3)40-36-32-28-24-20-16-12-8-4/h41-52,55-58H,5-40,53-54H2,1-4H3. The molecule has 0 amide bonds. The first-order chi connectivity index (χ1) is 47.3. The first-order valence-electron chi connectivity index (χ1n) is 37.5. The van der Waals surface area contributed by atoms with Crippen LogP contribution in [0, 0.1) is 23.5 Å². The fraction of sp³-hybridized carbons (Fsp3) is 0.537. The van der Waals surface area contributed by atoms with E-state index in [0.29, 0.717) is 34.0 Å². The molecule has 14 heteroatoms. The van der Waals surface area contributed by atoms with Gasteiger partial charge < -0.3 is 0 Å². The van der Waals surface area contributed by atoms with Gasteiger partial charge in [-0.3, -0.25) is 0 Å². The van der Waals surface area contributed by atoms with E-state index in [4.69, 9.17) is 17.5 Å². The molecule has 8 aromatic heterocycles. The molecule has 11 rings (SSSR count). The second kappa shape index (κ2) is 38.6. The Morgan fingerprint density at radius 3 is 0.938 bits per heavy atom. The summed E-state index contributed by atoms with van der Waals surface area (Å²) in [6.07, 6.45) is 50.7. The van der Waals surface area contributed by atoms with Gasteiger partial charge in [0.25, 0.3) is 0 Å². The van der Waals surface area contributed by atoms with E-state index < -0.39 is 0 Å². The van der Waals surface area contributed by atoms with E-state index in [1.165, 1.54) is 296 Å². The normalized spacial score (nSPS) is 12.2. The van der Waals surface area contributed by atoms with E-state index in [9.17, 15) is 0 Å². The van der Waals surface area contributed by atoms with Crippen molar-refractivity contribution in [2.45, 2.75) is 272 Å². The van der Waals surface area contributed by atoms with Crippen LogP contribution in [0.2, 0.25) is 0 Å². The van der Waals surface area contributed by atoms with Crippen LogP contribution >= 0.6 is 91.5 Å². The Morgan fingerprint density at radius 1 is 0.312 bits per heavy atom. The highest BCUT2D eigenvalue weighted by molar-refractivity contribution is 7.24. The van der Waals surface area contributed by atoms with Gasteiger partial charge in [-0.05, 0) is 108 Å². The summed E-state index contributed by atoms with van der Waals surface area (Å²) < 4.78 is 56.0. The third-order valence-corrected chi connectivity index (χ3v) is 27.6. The van der Waals surface area contributed by atoms with E-state index in [1.807, 2.05) is 22.7 Å². The molecule has 514 valence electrons. The molecule has 3 aromatic carbocycles. The van der Waals surface area contributed by atoms with Crippen molar-refractivity contribution >= 4 is 134 Å². The van der Waals surface area contributed by atoms with E-state index in [2.05, 4.69) is 99.1 Å². The van der Waals surface area contributed by atoms with Crippen LogP contribution < -0.4 is 0 Å². The predicted octanol–water partition coefficient (Wildman–Crippen LogP) is 31.1. The van der Waals surface area contributed by atoms with Crippen molar-refractivity contribution in [2.24, 2.45) is 11.8 Å². The molecule has 0 fully saturated rings. The fourth-order valence-corrected chi connectivity index (χ4v) is 22.5. The Bertz CT molecular complexity index is 3740. The number of aromatic nitrogens is 4. The smallest absolute Gasteiger partial charge is 0.134 e. The van der Waals surface area contributed by atoms with Crippen LogP contribution in [-0.2, 0) is 12.8 Å². The number of hydrogen-bond donors (Lipinski definition) is 0. The van der Waals surface area contributed by atoms with Crippen LogP contribution in [0.3, 0.4) is 0 Å². The van der Waals surface area contributed by atoms with Crippen molar-refractivity contribution in [3.63, 3.8) is 0 Å². The summed E-state index contributed by atoms with van der Waals surface area (Å²) in [5.41, 5.74) is 7.91. The van der Waals surface area contributed by atoms with Crippen LogP contribution in [-0.4, -0.2) is 17.5 Å². The molecule has 0 radical (unpaired) electrons. The van der Waals surface area contributed by atoms with E-state index in [-0.39, 0.29) is 11.6 Å². The Balaban J connectivity index is 0.787. The minimum Gasteiger partial charge on any atom is -0.206 e. The lowest BCUT2D eigenvalue weighted by Crippen LogP contribution is -2.04. The molecule has 0 aliphatic carbocycles. The quantitative estimate of drug-likeness (QED) is 0.0357. The summed E-state index contributed by atoms with van der Waals surface area (Å²) in [4.78, 5) is 8.80. The van der Waals surface area contributed by atoms with Crippen molar-refractivity contribution in [3.8, 4) is 62.6 Å². The third kappa shape index (κ3) is 19.3. The topological polar surface area (TPSA) is 51.6 Å². The third-order valence-electron chi connectivity index (χ3n) is 20.2. The summed E-state index contributed by atoms with van der Waals surface area (Å²) in [5.74, 6) is 0.848. The second-order valence-corrected chi connectivity index (χ2v) is 35.0. The summed E-state index contributed by atoms with van der Waals surface area (Å²) in [6.45, 7) is 9.19. The van der Waals surface area contributed by atoms with Gasteiger partial charge >= 0.3 is 0 Å². The minimum absolute atomic E-state index is 0.258. The first-order valence-corrected chi connectivity index (χ1v) is 44.0. The van der Waals surface area contributed by atoms with Crippen molar-refractivity contribution in [1.82, 2.24) is 17.5 Å². The lowest BCUT2D eigenvalue weighted by atomic mass is 9.91. The van der Waals surface area contributed by atoms with Crippen LogP contribution in [0.15, 0.2) is 83.6 Å². The van der Waals surface area contributed by atoms with Gasteiger partial charge in [-0.25, -0.2) is 8.78 Å². The monoisotopic (exact) mass is 1440 g/mol. The van der Waals surface area contributed by atoms with Gasteiger partial charge in [0.2, 0.25) is 0 Å². The van der Waals surface area contributed by atoms with Crippen molar-refractivity contribution in [1.29, 1.82) is 0 Å². The zero-order valence-electron chi connectivity index (χ0n) is 57.9. The van der Waals surface area contributed by atoms with Gasteiger partial charge in [0.1, 0.15) is 33.7 Å². The van der Waals surface area contributed by atoms with E-state index in [0.717, 1.165) is 64.3 Å². The molecule has 0 saturated carbocycles. The van der Waals surface area contributed by atoms with Crippen LogP contribution in [0.1, 0.15) is 269 Å². The van der Waals surface area contributed by atoms with Crippen LogP contribution in [0.25, 0.3) is 105 Å². The molecule has 0 saturated heterocycles. The fourth-order valence-electron chi connectivity index (χ4n) is 14.8. The number of halogens is 2. The number of unbranched alkanes of at least 4 members (excludes halogenated alkanes) is 28. The van der Waals surface area contributed by atoms with Gasteiger partial charge in [0, 0.05) is 81.4 Å². The summed E-state index contributed by atoms with van der Waals surface area (Å²) in [6, 6.07) is 25.4. The van der Waals surface area contributed by atoms with Crippen LogP contribution in [0.5, 0.6) is 0 Å². The lowest BCUT2D eigenvalue weighted by molar-refractivity contribution is 0.402. The van der Waals surface area contributed by atoms with Gasteiger partial charge in [-0.1, -0.05) is 259 Å². The van der Waals surface area contributed by atoms with Gasteiger partial charge in [0.05, 0.1) is 34.6 Å². The molecule has 8 heterocycles. The summed E-state index contributed by atoms with van der Waals surface area (Å²) in [5, 5.41) is 6.71. The molecule has 11 aromatic rings. The zero-order valence-corrected chi connectivity index (χ0v) is 64.5. The molecular weight excluding hydrogens is 1340 g/mol. The predicted molar refractivity (Wildman–Crippen MR) is 426 cm³/mol. The average molecular weight is 1440 g/mol. The van der Waals surface area contributed by atoms with E-state index >= 15 is 8.78 Å². The van der Waals surface area contributed by atoms with E-state index in [1.54, 1.807) is 57.5 Å². The van der Waals surface area contributed by atoms with Gasteiger partial charge in [0.15, 0.2) is 0 Å². The highest BCUT2D eigenvalue weighted by Crippen LogP contribution is 2.53. The Kier molecular flexibility index (Phi) is 29.4. The van der Waals surface area contributed by atoms with Gasteiger partial charge in [-0.2, -0.15) is 17.5 Å². The summed E-state index contributed by atoms with van der Waals surface area (Å²) >= 11 is 12.7. The molecule has 0 N–H and O–H groups in total. The average Bonchev–Trinajstić information content (AvgIpc) is 1.42. The molecule has 0 unspecified atom stereocenters. The maximum atomic E-state index is 17.1. The molecule has 96 heavy (non-hydrogen) atoms. The number of thiophene rings is 6. The zero-order chi connectivity index (χ0) is 66.3. The Labute approximate surface area is 605 Å². The number of fused-ring (bicyclic) bond motifs is 4.